The van der Waals surface area contributed by atoms with Crippen molar-refractivity contribution in [1.82, 2.24) is 20.1 Å². The molecule has 5 rings (SSSR count). The van der Waals surface area contributed by atoms with E-state index in [1.807, 2.05) is 80.6 Å². The molecule has 2 unspecified atom stereocenters. The molecule has 45 heavy (non-hydrogen) atoms. The Morgan fingerprint density at radius 3 is 2.47 bits per heavy atom. The lowest BCUT2D eigenvalue weighted by atomic mass is 9.89. The van der Waals surface area contributed by atoms with Gasteiger partial charge in [0.05, 0.1) is 12.3 Å². The van der Waals surface area contributed by atoms with Gasteiger partial charge < -0.3 is 34.9 Å². The summed E-state index contributed by atoms with van der Waals surface area (Å²) in [7, 11) is 5.62. The van der Waals surface area contributed by atoms with Crippen molar-refractivity contribution in [2.75, 3.05) is 52.8 Å². The summed E-state index contributed by atoms with van der Waals surface area (Å²) in [5, 5.41) is 7.26. The van der Waals surface area contributed by atoms with Crippen molar-refractivity contribution in [3.05, 3.63) is 95.7 Å². The van der Waals surface area contributed by atoms with Crippen molar-refractivity contribution < 1.29 is 19.1 Å². The molecule has 0 spiro atoms. The Bertz CT molecular complexity index is 1560. The number of likely N-dealkylation sites (tertiary alicyclic amines) is 1. The molecule has 1 saturated heterocycles. The minimum atomic E-state index is -0.840. The van der Waals surface area contributed by atoms with E-state index in [4.69, 9.17) is 9.47 Å². The highest BCUT2D eigenvalue weighted by molar-refractivity contribution is 5.99. The third kappa shape index (κ3) is 8.04. The zero-order chi connectivity index (χ0) is 31.8. The summed E-state index contributed by atoms with van der Waals surface area (Å²) in [6.45, 7) is 4.71. The van der Waals surface area contributed by atoms with Gasteiger partial charge in [-0.15, -0.1) is 0 Å². The molecule has 2 heterocycles. The first-order chi connectivity index (χ1) is 21.8. The van der Waals surface area contributed by atoms with Crippen molar-refractivity contribution >= 4 is 28.5 Å². The minimum absolute atomic E-state index is 0.230. The molecule has 9 nitrogen and oxygen atoms in total. The Kier molecular flexibility index (Phi) is 10.8. The summed E-state index contributed by atoms with van der Waals surface area (Å²) in [4.78, 5) is 35.2. The average molecular weight is 612 g/mol. The topological polar surface area (TPSA) is 98.9 Å². The third-order valence-electron chi connectivity index (χ3n) is 8.57. The number of nitrogens with one attached hydrogen (secondary N) is 3. The molecule has 4 aromatic rings. The van der Waals surface area contributed by atoms with E-state index in [2.05, 4.69) is 44.8 Å². The Morgan fingerprint density at radius 2 is 1.73 bits per heavy atom. The zero-order valence-corrected chi connectivity index (χ0v) is 26.7. The van der Waals surface area contributed by atoms with Crippen LogP contribution in [-0.4, -0.2) is 80.3 Å². The monoisotopic (exact) mass is 611 g/mol. The van der Waals surface area contributed by atoms with Crippen LogP contribution in [0.2, 0.25) is 0 Å². The SMILES string of the molecule is COCCOc1ccc(CN(C)C)cc1NC(=O)C(NC(=O)N1CCC(c2ccccc2)CC1)C(C)c1c[nH]c2ccccc12. The largest absolute Gasteiger partial charge is 0.489 e. The molecule has 3 amide bonds. The maximum Gasteiger partial charge on any atom is 0.318 e. The van der Waals surface area contributed by atoms with Crippen LogP contribution < -0.4 is 15.4 Å². The number of H-pyrrole nitrogens is 1. The number of urea groups is 1. The number of aromatic nitrogens is 1. The summed E-state index contributed by atoms with van der Waals surface area (Å²) in [6.07, 6.45) is 3.70. The fourth-order valence-corrected chi connectivity index (χ4v) is 6.14. The van der Waals surface area contributed by atoms with Crippen LogP contribution in [-0.2, 0) is 16.1 Å². The zero-order valence-electron chi connectivity index (χ0n) is 26.7. The van der Waals surface area contributed by atoms with Gasteiger partial charge in [0.2, 0.25) is 5.91 Å². The molecule has 9 heteroatoms. The number of nitrogens with zero attached hydrogens (tertiary/aromatic N) is 2. The second-order valence-electron chi connectivity index (χ2n) is 12.1. The van der Waals surface area contributed by atoms with Gasteiger partial charge in [-0.05, 0) is 67.7 Å². The van der Waals surface area contributed by atoms with Gasteiger partial charge >= 0.3 is 6.03 Å². The number of rotatable bonds is 12. The molecule has 3 aromatic carbocycles. The van der Waals surface area contributed by atoms with Crippen LogP contribution in [0.4, 0.5) is 10.5 Å². The van der Waals surface area contributed by atoms with E-state index >= 15 is 0 Å². The van der Waals surface area contributed by atoms with Gasteiger partial charge in [0.25, 0.3) is 0 Å². The first-order valence-corrected chi connectivity index (χ1v) is 15.7. The maximum absolute atomic E-state index is 14.2. The number of hydrogen-bond donors (Lipinski definition) is 3. The summed E-state index contributed by atoms with van der Waals surface area (Å²) in [5.74, 6) is 0.342. The van der Waals surface area contributed by atoms with Gasteiger partial charge in [0.1, 0.15) is 18.4 Å². The standard InChI is InChI=1S/C36H45N5O4/c1-25(30-23-37-31-13-9-8-12-29(30)31)34(39-36(43)41-18-16-28(17-19-41)27-10-6-5-7-11-27)35(42)38-32-22-26(24-40(2)3)14-15-33(32)45-21-20-44-4/h5-15,22-23,25,28,34,37H,16-21,24H2,1-4H3,(H,38,42)(H,39,43). The van der Waals surface area contributed by atoms with Gasteiger partial charge in [-0.2, -0.15) is 0 Å². The first-order valence-electron chi connectivity index (χ1n) is 15.7. The van der Waals surface area contributed by atoms with E-state index < -0.39 is 6.04 Å². The van der Waals surface area contributed by atoms with Crippen LogP contribution in [0.1, 0.15) is 48.3 Å². The van der Waals surface area contributed by atoms with E-state index in [0.29, 0.717) is 50.2 Å². The first kappa shape index (κ1) is 32.1. The lowest BCUT2D eigenvalue weighted by molar-refractivity contribution is -0.118. The number of carbonyl (C=O) groups excluding carboxylic acids is 2. The number of anilines is 1. The van der Waals surface area contributed by atoms with Crippen LogP contribution in [0, 0.1) is 0 Å². The third-order valence-corrected chi connectivity index (χ3v) is 8.57. The molecule has 238 valence electrons. The highest BCUT2D eigenvalue weighted by Gasteiger charge is 2.33. The molecule has 1 fully saturated rings. The summed E-state index contributed by atoms with van der Waals surface area (Å²) < 4.78 is 11.1. The Balaban J connectivity index is 1.38. The fourth-order valence-electron chi connectivity index (χ4n) is 6.14. The van der Waals surface area contributed by atoms with Crippen molar-refractivity contribution in [3.8, 4) is 5.75 Å². The van der Waals surface area contributed by atoms with Crippen LogP contribution >= 0.6 is 0 Å². The normalized spacial score (nSPS) is 15.2. The second kappa shape index (κ2) is 15.1. The maximum atomic E-state index is 14.2. The van der Waals surface area contributed by atoms with Crippen LogP contribution in [0.15, 0.2) is 79.0 Å². The number of fused-ring (bicyclic) bond motifs is 1. The molecule has 0 radical (unpaired) electrons. The van der Waals surface area contributed by atoms with Crippen molar-refractivity contribution in [2.24, 2.45) is 0 Å². The number of methoxy groups -OCH3 is 1. The van der Waals surface area contributed by atoms with Crippen molar-refractivity contribution in [1.29, 1.82) is 0 Å². The lowest BCUT2D eigenvalue weighted by Crippen LogP contribution is -2.53. The molecule has 1 aromatic heterocycles. The molecule has 1 aliphatic rings. The quantitative estimate of drug-likeness (QED) is 0.172. The number of hydrogen-bond acceptors (Lipinski definition) is 5. The minimum Gasteiger partial charge on any atom is -0.489 e. The highest BCUT2D eigenvalue weighted by Crippen LogP contribution is 2.32. The van der Waals surface area contributed by atoms with Crippen molar-refractivity contribution in [3.63, 3.8) is 0 Å². The van der Waals surface area contributed by atoms with E-state index in [1.165, 1.54) is 5.56 Å². The van der Waals surface area contributed by atoms with E-state index in [-0.39, 0.29) is 17.9 Å². The number of amides is 3. The number of piperidine rings is 1. The smallest absolute Gasteiger partial charge is 0.318 e. The number of carbonyl (C=O) groups is 2. The molecule has 3 N–H and O–H groups in total. The molecule has 0 aliphatic carbocycles. The van der Waals surface area contributed by atoms with E-state index in [1.54, 1.807) is 7.11 Å². The summed E-state index contributed by atoms with van der Waals surface area (Å²) >= 11 is 0. The predicted molar refractivity (Wildman–Crippen MR) is 179 cm³/mol. The molecule has 1 aliphatic heterocycles. The van der Waals surface area contributed by atoms with Crippen LogP contribution in [0.25, 0.3) is 10.9 Å². The predicted octanol–water partition coefficient (Wildman–Crippen LogP) is 5.95. The molecule has 0 bridgehead atoms. The van der Waals surface area contributed by atoms with Crippen molar-refractivity contribution in [2.45, 2.75) is 44.2 Å². The van der Waals surface area contributed by atoms with Gasteiger partial charge in [-0.3, -0.25) is 4.79 Å². The summed E-state index contributed by atoms with van der Waals surface area (Å²) in [6, 6.07) is 23.2. The molecular weight excluding hydrogens is 566 g/mol. The second-order valence-corrected chi connectivity index (χ2v) is 12.1. The van der Waals surface area contributed by atoms with Gasteiger partial charge in [-0.1, -0.05) is 61.5 Å². The van der Waals surface area contributed by atoms with Gasteiger partial charge in [0.15, 0.2) is 0 Å². The lowest BCUT2D eigenvalue weighted by Gasteiger charge is -2.34. The number of ether oxygens (including phenoxy) is 2. The number of benzene rings is 3. The summed E-state index contributed by atoms with van der Waals surface area (Å²) in [5.41, 5.74) is 4.85. The number of aromatic amines is 1. The highest BCUT2D eigenvalue weighted by atomic mass is 16.5. The fraction of sp³-hybridized carbons (Fsp3) is 0.389. The Hall–Kier alpha value is -4.34. The van der Waals surface area contributed by atoms with Gasteiger partial charge in [-0.25, -0.2) is 4.79 Å². The van der Waals surface area contributed by atoms with E-state index in [0.717, 1.165) is 34.9 Å². The van der Waals surface area contributed by atoms with Crippen LogP contribution in [0.5, 0.6) is 5.75 Å². The molecular formula is C36H45N5O4. The van der Waals surface area contributed by atoms with Crippen LogP contribution in [0.3, 0.4) is 0 Å². The van der Waals surface area contributed by atoms with E-state index in [9.17, 15) is 9.59 Å². The average Bonchev–Trinajstić information content (AvgIpc) is 3.49. The molecule has 2 atom stereocenters. The Morgan fingerprint density at radius 1 is 1.00 bits per heavy atom. The number of para-hydroxylation sites is 1. The van der Waals surface area contributed by atoms with Gasteiger partial charge in [0, 0.05) is 49.8 Å². The molecule has 0 saturated carbocycles. The Labute approximate surface area is 265 Å².